The van der Waals surface area contributed by atoms with Crippen molar-refractivity contribution in [3.8, 4) is 5.75 Å². The summed E-state index contributed by atoms with van der Waals surface area (Å²) in [6.07, 6.45) is -0.0414. The minimum atomic E-state index is -1.11. The van der Waals surface area contributed by atoms with Crippen molar-refractivity contribution in [1.29, 1.82) is 0 Å². The first kappa shape index (κ1) is 14.9. The molecule has 0 atom stereocenters. The largest absolute Gasteiger partial charge is 0.508 e. The van der Waals surface area contributed by atoms with E-state index in [4.69, 9.17) is 16.7 Å². The van der Waals surface area contributed by atoms with E-state index in [9.17, 15) is 14.7 Å². The van der Waals surface area contributed by atoms with E-state index in [2.05, 4.69) is 5.32 Å². The highest BCUT2D eigenvalue weighted by Gasteiger charge is 2.12. The van der Waals surface area contributed by atoms with Gasteiger partial charge in [0.15, 0.2) is 0 Å². The molecule has 0 radical (unpaired) electrons. The maximum atomic E-state index is 11.9. The topological polar surface area (TPSA) is 86.6 Å². The van der Waals surface area contributed by atoms with E-state index in [1.807, 2.05) is 0 Å². The number of hydrogen-bond acceptors (Lipinski definition) is 3. The number of amides is 1. The van der Waals surface area contributed by atoms with Crippen molar-refractivity contribution in [1.82, 2.24) is 0 Å². The van der Waals surface area contributed by atoms with Gasteiger partial charge in [0.1, 0.15) is 5.75 Å². The molecule has 0 aliphatic rings. The van der Waals surface area contributed by atoms with E-state index in [0.717, 1.165) is 0 Å². The monoisotopic (exact) mass is 305 g/mol. The smallest absolute Gasteiger partial charge is 0.335 e. The standard InChI is InChI=1S/C15H12ClNO4/c16-11-6-5-10(15(20)21)7-12(11)17-14(19)8-9-3-1-2-4-13(9)18/h1-7,18H,8H2,(H,17,19)(H,20,21). The lowest BCUT2D eigenvalue weighted by atomic mass is 10.1. The molecule has 0 saturated carbocycles. The lowest BCUT2D eigenvalue weighted by Crippen LogP contribution is -2.15. The van der Waals surface area contributed by atoms with E-state index in [1.165, 1.54) is 24.3 Å². The molecule has 0 aromatic heterocycles. The van der Waals surface area contributed by atoms with Crippen LogP contribution in [-0.2, 0) is 11.2 Å². The predicted octanol–water partition coefficient (Wildman–Crippen LogP) is 2.93. The number of aromatic hydroxyl groups is 1. The molecule has 2 aromatic rings. The zero-order valence-electron chi connectivity index (χ0n) is 10.8. The van der Waals surface area contributed by atoms with E-state index in [-0.39, 0.29) is 28.4 Å². The van der Waals surface area contributed by atoms with Crippen molar-refractivity contribution < 1.29 is 19.8 Å². The van der Waals surface area contributed by atoms with Crippen LogP contribution in [0.5, 0.6) is 5.75 Å². The Hall–Kier alpha value is -2.53. The molecule has 5 nitrogen and oxygen atoms in total. The van der Waals surface area contributed by atoms with Gasteiger partial charge in [-0.25, -0.2) is 4.79 Å². The molecule has 0 fully saturated rings. The SMILES string of the molecule is O=C(Cc1ccccc1O)Nc1cc(C(=O)O)ccc1Cl. The maximum Gasteiger partial charge on any atom is 0.335 e. The Bertz CT molecular complexity index is 700. The fraction of sp³-hybridized carbons (Fsp3) is 0.0667. The summed E-state index contributed by atoms with van der Waals surface area (Å²) in [6, 6.07) is 10.5. The summed E-state index contributed by atoms with van der Waals surface area (Å²) in [4.78, 5) is 22.8. The van der Waals surface area contributed by atoms with Crippen LogP contribution in [0.15, 0.2) is 42.5 Å². The van der Waals surface area contributed by atoms with E-state index in [1.54, 1.807) is 18.2 Å². The fourth-order valence-electron chi connectivity index (χ4n) is 1.78. The van der Waals surface area contributed by atoms with E-state index in [0.29, 0.717) is 5.56 Å². The third-order valence-corrected chi connectivity index (χ3v) is 3.16. The van der Waals surface area contributed by atoms with Crippen LogP contribution in [0.3, 0.4) is 0 Å². The number of phenols is 1. The molecule has 0 unspecified atom stereocenters. The van der Waals surface area contributed by atoms with Gasteiger partial charge in [0.2, 0.25) is 5.91 Å². The molecule has 0 spiro atoms. The van der Waals surface area contributed by atoms with Gasteiger partial charge < -0.3 is 15.5 Å². The van der Waals surface area contributed by atoms with Gasteiger partial charge in [-0.2, -0.15) is 0 Å². The highest BCUT2D eigenvalue weighted by Crippen LogP contribution is 2.24. The van der Waals surface area contributed by atoms with Gasteiger partial charge in [0, 0.05) is 5.56 Å². The van der Waals surface area contributed by atoms with E-state index < -0.39 is 11.9 Å². The second kappa shape index (κ2) is 6.28. The molecular formula is C15H12ClNO4. The summed E-state index contributed by atoms with van der Waals surface area (Å²) in [5.74, 6) is -1.48. The first-order valence-electron chi connectivity index (χ1n) is 6.07. The normalized spacial score (nSPS) is 10.1. The summed E-state index contributed by atoms with van der Waals surface area (Å²) < 4.78 is 0. The minimum Gasteiger partial charge on any atom is -0.508 e. The molecular weight excluding hydrogens is 294 g/mol. The van der Waals surface area contributed by atoms with Gasteiger partial charge in [-0.3, -0.25) is 4.79 Å². The number of carboxylic acid groups (broad SMARTS) is 1. The van der Waals surface area contributed by atoms with Crippen LogP contribution in [0.25, 0.3) is 0 Å². The van der Waals surface area contributed by atoms with Crippen LogP contribution in [0, 0.1) is 0 Å². The van der Waals surface area contributed by atoms with Crippen LogP contribution >= 0.6 is 11.6 Å². The van der Waals surface area contributed by atoms with Crippen molar-refractivity contribution >= 4 is 29.2 Å². The predicted molar refractivity (Wildman–Crippen MR) is 78.9 cm³/mol. The third kappa shape index (κ3) is 3.73. The van der Waals surface area contributed by atoms with Crippen molar-refractivity contribution in [3.05, 3.63) is 58.6 Å². The van der Waals surface area contributed by atoms with Crippen molar-refractivity contribution in [3.63, 3.8) is 0 Å². The average molecular weight is 306 g/mol. The van der Waals surface area contributed by atoms with E-state index >= 15 is 0 Å². The van der Waals surface area contributed by atoms with Crippen molar-refractivity contribution in [2.45, 2.75) is 6.42 Å². The fourth-order valence-corrected chi connectivity index (χ4v) is 1.95. The summed E-state index contributed by atoms with van der Waals surface area (Å²) in [5, 5.41) is 21.3. The molecule has 1 amide bonds. The van der Waals surface area contributed by atoms with Crippen molar-refractivity contribution in [2.24, 2.45) is 0 Å². The zero-order valence-corrected chi connectivity index (χ0v) is 11.6. The van der Waals surface area contributed by atoms with Crippen LogP contribution in [0.4, 0.5) is 5.69 Å². The Morgan fingerprint density at radius 2 is 1.86 bits per heavy atom. The number of carboxylic acids is 1. The molecule has 0 aliphatic carbocycles. The zero-order chi connectivity index (χ0) is 15.4. The molecule has 6 heteroatoms. The van der Waals surface area contributed by atoms with Gasteiger partial charge in [-0.15, -0.1) is 0 Å². The summed E-state index contributed by atoms with van der Waals surface area (Å²) in [6.45, 7) is 0. The summed E-state index contributed by atoms with van der Waals surface area (Å²) >= 11 is 5.92. The number of rotatable bonds is 4. The highest BCUT2D eigenvalue weighted by molar-refractivity contribution is 6.33. The average Bonchev–Trinajstić information content (AvgIpc) is 2.43. The molecule has 2 aromatic carbocycles. The van der Waals surface area contributed by atoms with Gasteiger partial charge in [-0.05, 0) is 24.3 Å². The number of hydrogen-bond donors (Lipinski definition) is 3. The summed E-state index contributed by atoms with van der Waals surface area (Å²) in [5.41, 5.74) is 0.717. The second-order valence-electron chi connectivity index (χ2n) is 4.35. The number of carbonyl (C=O) groups is 2. The molecule has 2 rings (SSSR count). The minimum absolute atomic E-state index is 0.0252. The molecule has 0 aliphatic heterocycles. The molecule has 3 N–H and O–H groups in total. The first-order valence-corrected chi connectivity index (χ1v) is 6.44. The summed E-state index contributed by atoms with van der Waals surface area (Å²) in [7, 11) is 0. The van der Waals surface area contributed by atoms with Gasteiger partial charge >= 0.3 is 5.97 Å². The Morgan fingerprint density at radius 1 is 1.14 bits per heavy atom. The van der Waals surface area contributed by atoms with Crippen molar-refractivity contribution in [2.75, 3.05) is 5.32 Å². The van der Waals surface area contributed by atoms with Gasteiger partial charge in [0.05, 0.1) is 22.7 Å². The maximum absolute atomic E-state index is 11.9. The number of aromatic carboxylic acids is 1. The molecule has 21 heavy (non-hydrogen) atoms. The molecule has 0 heterocycles. The Morgan fingerprint density at radius 3 is 2.52 bits per heavy atom. The molecule has 108 valence electrons. The van der Waals surface area contributed by atoms with Crippen LogP contribution in [-0.4, -0.2) is 22.1 Å². The number of carbonyl (C=O) groups excluding carboxylic acids is 1. The number of halogens is 1. The second-order valence-corrected chi connectivity index (χ2v) is 4.76. The van der Waals surface area contributed by atoms with Gasteiger partial charge in [0.25, 0.3) is 0 Å². The first-order chi connectivity index (χ1) is 9.97. The number of para-hydroxylation sites is 1. The Balaban J connectivity index is 2.15. The number of nitrogens with one attached hydrogen (secondary N) is 1. The van der Waals surface area contributed by atoms with Crippen LogP contribution < -0.4 is 5.32 Å². The number of benzene rings is 2. The van der Waals surface area contributed by atoms with Crippen LogP contribution in [0.1, 0.15) is 15.9 Å². The Labute approximate surface area is 125 Å². The lowest BCUT2D eigenvalue weighted by Gasteiger charge is -2.09. The molecule has 0 bridgehead atoms. The number of anilines is 1. The molecule has 0 saturated heterocycles. The van der Waals surface area contributed by atoms with Crippen LogP contribution in [0.2, 0.25) is 5.02 Å². The number of phenolic OH excluding ortho intramolecular Hbond substituents is 1. The Kier molecular flexibility index (Phi) is 4.45. The highest BCUT2D eigenvalue weighted by atomic mass is 35.5. The third-order valence-electron chi connectivity index (χ3n) is 2.83. The lowest BCUT2D eigenvalue weighted by molar-refractivity contribution is -0.115. The quantitative estimate of drug-likeness (QED) is 0.810. The van der Waals surface area contributed by atoms with Gasteiger partial charge in [-0.1, -0.05) is 29.8 Å².